The smallest absolute Gasteiger partial charge is 0.231 e. The molecule has 2 heterocycles. The predicted octanol–water partition coefficient (Wildman–Crippen LogP) is 3.84. The minimum Gasteiger partial charge on any atom is -0.492 e. The number of likely N-dealkylation sites (N-methyl/N-ethyl adjacent to an activating group) is 1. The zero-order valence-corrected chi connectivity index (χ0v) is 16.3. The Morgan fingerprint density at radius 1 is 1.26 bits per heavy atom. The maximum Gasteiger partial charge on any atom is 0.231 e. The maximum absolute atomic E-state index is 13.1. The van der Waals surface area contributed by atoms with Crippen LogP contribution in [0.5, 0.6) is 17.2 Å². The van der Waals surface area contributed by atoms with Crippen LogP contribution in [0.2, 0.25) is 0 Å². The van der Waals surface area contributed by atoms with Crippen molar-refractivity contribution in [3.8, 4) is 17.2 Å². The summed E-state index contributed by atoms with van der Waals surface area (Å²) in [7, 11) is 3.71. The molecule has 0 saturated carbocycles. The molecule has 5 heteroatoms. The van der Waals surface area contributed by atoms with Crippen LogP contribution < -0.4 is 14.2 Å². The summed E-state index contributed by atoms with van der Waals surface area (Å²) in [6.07, 6.45) is 1.30. The van der Waals surface area contributed by atoms with Crippen LogP contribution >= 0.6 is 0 Å². The van der Waals surface area contributed by atoms with E-state index in [0.29, 0.717) is 17.9 Å². The lowest BCUT2D eigenvalue weighted by atomic mass is 9.87. The van der Waals surface area contributed by atoms with Gasteiger partial charge in [0.25, 0.3) is 0 Å². The lowest BCUT2D eigenvalue weighted by Crippen LogP contribution is -2.34. The molecule has 2 aliphatic rings. The third-order valence-corrected chi connectivity index (χ3v) is 5.61. The molecule has 0 aliphatic carbocycles. The zero-order valence-electron chi connectivity index (χ0n) is 16.3. The third kappa shape index (κ3) is 3.06. The van der Waals surface area contributed by atoms with Gasteiger partial charge >= 0.3 is 0 Å². The standard InChI is InChI=1S/C22H25NO4/c1-13-5-6-16(14(2)9-13)18(24)11-17-20-15(7-8-23(17)3)10-19-21(22(20)25-4)27-12-26-19/h5-6,9-10,17H,7-8,11-12H2,1-4H3/t17-/m1/s1. The number of carbonyl (C=O) groups is 1. The summed E-state index contributed by atoms with van der Waals surface area (Å²) in [5, 5.41) is 0. The molecule has 1 atom stereocenters. The van der Waals surface area contributed by atoms with Crippen LogP contribution in [-0.4, -0.2) is 38.2 Å². The van der Waals surface area contributed by atoms with Crippen molar-refractivity contribution < 1.29 is 19.0 Å². The fourth-order valence-electron chi connectivity index (χ4n) is 4.20. The van der Waals surface area contributed by atoms with E-state index < -0.39 is 0 Å². The van der Waals surface area contributed by atoms with E-state index in [1.165, 1.54) is 11.1 Å². The number of aryl methyl sites for hydroxylation is 2. The highest BCUT2D eigenvalue weighted by Crippen LogP contribution is 2.50. The molecular weight excluding hydrogens is 342 g/mol. The Bertz CT molecular complexity index is 906. The van der Waals surface area contributed by atoms with Gasteiger partial charge in [-0.1, -0.05) is 23.8 Å². The molecule has 2 aliphatic heterocycles. The molecule has 0 saturated heterocycles. The summed E-state index contributed by atoms with van der Waals surface area (Å²) in [5.41, 5.74) is 5.21. The topological polar surface area (TPSA) is 48.0 Å². The second-order valence-corrected chi connectivity index (χ2v) is 7.41. The van der Waals surface area contributed by atoms with E-state index >= 15 is 0 Å². The minimum atomic E-state index is -0.0496. The third-order valence-electron chi connectivity index (χ3n) is 5.61. The average Bonchev–Trinajstić information content (AvgIpc) is 3.10. The van der Waals surface area contributed by atoms with Crippen LogP contribution in [0.25, 0.3) is 0 Å². The van der Waals surface area contributed by atoms with Gasteiger partial charge in [0.15, 0.2) is 17.3 Å². The number of ketones is 1. The molecule has 5 nitrogen and oxygen atoms in total. The molecule has 0 bridgehead atoms. The molecule has 0 radical (unpaired) electrons. The molecule has 0 aromatic heterocycles. The van der Waals surface area contributed by atoms with Crippen molar-refractivity contribution in [1.29, 1.82) is 0 Å². The SMILES string of the molecule is COc1c2c(cc3c1[C@@H](CC(=O)c1ccc(C)cc1C)N(C)CC3)OCO2. The molecule has 0 unspecified atom stereocenters. The van der Waals surface area contributed by atoms with Crippen LogP contribution in [0.15, 0.2) is 24.3 Å². The number of nitrogens with zero attached hydrogens (tertiary/aromatic N) is 1. The van der Waals surface area contributed by atoms with Crippen molar-refractivity contribution in [2.75, 3.05) is 27.5 Å². The second-order valence-electron chi connectivity index (χ2n) is 7.41. The van der Waals surface area contributed by atoms with Gasteiger partial charge in [-0.15, -0.1) is 0 Å². The molecule has 0 spiro atoms. The van der Waals surface area contributed by atoms with Gasteiger partial charge in [-0.05, 0) is 44.5 Å². The first-order valence-corrected chi connectivity index (χ1v) is 9.29. The first-order chi connectivity index (χ1) is 13.0. The van der Waals surface area contributed by atoms with E-state index in [2.05, 4.69) is 18.0 Å². The van der Waals surface area contributed by atoms with Crippen molar-refractivity contribution in [3.63, 3.8) is 0 Å². The van der Waals surface area contributed by atoms with E-state index in [9.17, 15) is 4.79 Å². The summed E-state index contributed by atoms with van der Waals surface area (Å²) in [6.45, 7) is 5.13. The van der Waals surface area contributed by atoms with Gasteiger partial charge in [-0.3, -0.25) is 9.69 Å². The van der Waals surface area contributed by atoms with Crippen molar-refractivity contribution >= 4 is 5.78 Å². The van der Waals surface area contributed by atoms with Crippen molar-refractivity contribution in [2.24, 2.45) is 0 Å². The number of hydrogen-bond donors (Lipinski definition) is 0. The van der Waals surface area contributed by atoms with Gasteiger partial charge in [0.2, 0.25) is 12.5 Å². The largest absolute Gasteiger partial charge is 0.492 e. The van der Waals surface area contributed by atoms with E-state index in [4.69, 9.17) is 14.2 Å². The summed E-state index contributed by atoms with van der Waals surface area (Å²) in [4.78, 5) is 15.3. The first-order valence-electron chi connectivity index (χ1n) is 9.29. The Kier molecular flexibility index (Phi) is 4.56. The fraction of sp³-hybridized carbons (Fsp3) is 0.409. The molecule has 0 N–H and O–H groups in total. The lowest BCUT2D eigenvalue weighted by molar-refractivity contribution is 0.0925. The summed E-state index contributed by atoms with van der Waals surface area (Å²) >= 11 is 0. The van der Waals surface area contributed by atoms with Crippen LogP contribution in [0.3, 0.4) is 0 Å². The average molecular weight is 367 g/mol. The summed E-state index contributed by atoms with van der Waals surface area (Å²) in [6, 6.07) is 7.99. The highest BCUT2D eigenvalue weighted by atomic mass is 16.7. The Hall–Kier alpha value is -2.53. The predicted molar refractivity (Wildman–Crippen MR) is 103 cm³/mol. The fourth-order valence-corrected chi connectivity index (χ4v) is 4.20. The van der Waals surface area contributed by atoms with Crippen LogP contribution in [0.1, 0.15) is 45.1 Å². The summed E-state index contributed by atoms with van der Waals surface area (Å²) in [5.74, 6) is 2.23. The zero-order chi connectivity index (χ0) is 19.1. The second kappa shape index (κ2) is 6.89. The van der Waals surface area contributed by atoms with E-state index in [1.807, 2.05) is 32.0 Å². The normalized spacial score (nSPS) is 18.3. The van der Waals surface area contributed by atoms with Crippen LogP contribution in [-0.2, 0) is 6.42 Å². The minimum absolute atomic E-state index is 0.0496. The maximum atomic E-state index is 13.1. The van der Waals surface area contributed by atoms with Crippen molar-refractivity contribution in [1.82, 2.24) is 4.90 Å². The number of methoxy groups -OCH3 is 1. The highest BCUT2D eigenvalue weighted by molar-refractivity contribution is 5.98. The number of hydrogen-bond acceptors (Lipinski definition) is 5. The first kappa shape index (κ1) is 17.9. The van der Waals surface area contributed by atoms with E-state index in [1.54, 1.807) is 7.11 Å². The molecule has 2 aromatic carbocycles. The van der Waals surface area contributed by atoms with Gasteiger partial charge in [0, 0.05) is 30.1 Å². The quantitative estimate of drug-likeness (QED) is 0.769. The Balaban J connectivity index is 1.73. The number of ether oxygens (including phenoxy) is 3. The number of fused-ring (bicyclic) bond motifs is 2. The van der Waals surface area contributed by atoms with Crippen molar-refractivity contribution in [3.05, 3.63) is 52.1 Å². The number of rotatable bonds is 4. The Morgan fingerprint density at radius 2 is 2.07 bits per heavy atom. The highest BCUT2D eigenvalue weighted by Gasteiger charge is 2.35. The molecular formula is C22H25NO4. The monoisotopic (exact) mass is 367 g/mol. The molecule has 0 fully saturated rings. The van der Waals surface area contributed by atoms with Gasteiger partial charge in [0.1, 0.15) is 0 Å². The van der Waals surface area contributed by atoms with Gasteiger partial charge < -0.3 is 14.2 Å². The number of carbonyl (C=O) groups excluding carboxylic acids is 1. The molecule has 4 rings (SSSR count). The molecule has 2 aromatic rings. The Labute approximate surface area is 159 Å². The van der Waals surface area contributed by atoms with E-state index in [-0.39, 0.29) is 18.6 Å². The van der Waals surface area contributed by atoms with E-state index in [0.717, 1.165) is 35.4 Å². The van der Waals surface area contributed by atoms with Gasteiger partial charge in [-0.2, -0.15) is 0 Å². The summed E-state index contributed by atoms with van der Waals surface area (Å²) < 4.78 is 16.9. The van der Waals surface area contributed by atoms with Crippen LogP contribution in [0, 0.1) is 13.8 Å². The van der Waals surface area contributed by atoms with Gasteiger partial charge in [-0.25, -0.2) is 0 Å². The number of Topliss-reactive ketones (excluding diaryl/α,β-unsaturated/α-hetero) is 1. The van der Waals surface area contributed by atoms with Gasteiger partial charge in [0.05, 0.1) is 7.11 Å². The van der Waals surface area contributed by atoms with Crippen molar-refractivity contribution in [2.45, 2.75) is 32.7 Å². The van der Waals surface area contributed by atoms with Crippen LogP contribution in [0.4, 0.5) is 0 Å². The molecule has 0 amide bonds. The molecule has 27 heavy (non-hydrogen) atoms. The lowest BCUT2D eigenvalue weighted by Gasteiger charge is -2.35. The Morgan fingerprint density at radius 3 is 2.81 bits per heavy atom. The number of benzene rings is 2. The molecule has 142 valence electrons.